The Kier molecular flexibility index (Phi) is 4.03. The van der Waals surface area contributed by atoms with Crippen molar-refractivity contribution >= 4 is 17.7 Å². The van der Waals surface area contributed by atoms with E-state index in [1.54, 1.807) is 0 Å². The topological polar surface area (TPSA) is 64.8 Å². The maximum absolute atomic E-state index is 9.94. The van der Waals surface area contributed by atoms with Crippen molar-refractivity contribution in [2.24, 2.45) is 5.92 Å². The average Bonchev–Trinajstić information content (AvgIpc) is 1.99. The Morgan fingerprint density at radius 1 is 1.27 bits per heavy atom. The molecule has 0 saturated heterocycles. The maximum atomic E-state index is 9.94. The fourth-order valence-electron chi connectivity index (χ4n) is 0.411. The molecule has 0 aromatic heterocycles. The molecule has 0 aliphatic rings. The minimum absolute atomic E-state index is 0.101. The molecule has 0 atom stereocenters. The monoisotopic (exact) mass is 152 g/mol. The second-order valence-electron chi connectivity index (χ2n) is 2.52. The molecule has 0 aromatic rings. The molecule has 0 radical (unpaired) electrons. The Morgan fingerprint density at radius 2 is 1.82 bits per heavy atom. The molecule has 11 heavy (non-hydrogen) atoms. The number of allylic oxidation sites excluding steroid dienone is 2. The third-order valence-corrected chi connectivity index (χ3v) is 1.19. The van der Waals surface area contributed by atoms with E-state index in [2.05, 4.69) is 0 Å². The lowest BCUT2D eigenvalue weighted by Crippen LogP contribution is -2.02. The van der Waals surface area contributed by atoms with Gasteiger partial charge in [0.05, 0.1) is 5.71 Å². The third kappa shape index (κ3) is 4.19. The molecule has 0 amide bonds. The van der Waals surface area contributed by atoms with Gasteiger partial charge in [0.2, 0.25) is 0 Å². The lowest BCUT2D eigenvalue weighted by molar-refractivity contribution is -0.102. The van der Waals surface area contributed by atoms with Crippen LogP contribution in [-0.2, 0) is 4.79 Å². The van der Waals surface area contributed by atoms with E-state index in [0.717, 1.165) is 0 Å². The number of hydrogen-bond donors (Lipinski definition) is 2. The lowest BCUT2D eigenvalue weighted by Gasteiger charge is -1.98. The van der Waals surface area contributed by atoms with E-state index in [1.807, 2.05) is 13.8 Å². The lowest BCUT2D eigenvalue weighted by atomic mass is 10.1. The van der Waals surface area contributed by atoms with Gasteiger partial charge in [0.25, 0.3) is 0 Å². The summed E-state index contributed by atoms with van der Waals surface area (Å²) in [4.78, 5) is 9.94. The molecule has 0 unspecified atom stereocenters. The zero-order valence-electron chi connectivity index (χ0n) is 6.72. The summed E-state index contributed by atoms with van der Waals surface area (Å²) in [6.07, 6.45) is 3.25. The van der Waals surface area contributed by atoms with Gasteiger partial charge >= 0.3 is 0 Å². The molecular formula is C8H12N2O. The van der Waals surface area contributed by atoms with Crippen LogP contribution in [0.1, 0.15) is 13.8 Å². The van der Waals surface area contributed by atoms with Gasteiger partial charge < -0.3 is 5.41 Å². The molecule has 0 bridgehead atoms. The Bertz CT molecular complexity index is 204. The number of rotatable bonds is 4. The molecule has 0 spiro atoms. The molecule has 0 fully saturated rings. The summed E-state index contributed by atoms with van der Waals surface area (Å²) < 4.78 is 0. The highest BCUT2D eigenvalue weighted by Crippen LogP contribution is 1.95. The van der Waals surface area contributed by atoms with E-state index < -0.39 is 0 Å². The summed E-state index contributed by atoms with van der Waals surface area (Å²) in [5.41, 5.74) is 0.326. The van der Waals surface area contributed by atoms with Crippen LogP contribution in [0.25, 0.3) is 0 Å². The van der Waals surface area contributed by atoms with E-state index >= 15 is 0 Å². The minimum Gasteiger partial charge on any atom is -0.305 e. The molecule has 3 nitrogen and oxygen atoms in total. The number of aldehydes is 1. The second kappa shape index (κ2) is 4.55. The molecule has 0 rings (SSSR count). The van der Waals surface area contributed by atoms with Crippen molar-refractivity contribution in [1.29, 1.82) is 10.8 Å². The first kappa shape index (κ1) is 9.75. The Hall–Kier alpha value is -1.25. The van der Waals surface area contributed by atoms with Crippen LogP contribution in [0.3, 0.4) is 0 Å². The predicted molar refractivity (Wildman–Crippen MR) is 45.5 cm³/mol. The number of carbonyl (C=O) groups is 1. The predicted octanol–water partition coefficient (Wildman–Crippen LogP) is 1.44. The van der Waals surface area contributed by atoms with Gasteiger partial charge in [0, 0.05) is 5.71 Å². The van der Waals surface area contributed by atoms with Gasteiger partial charge in [-0.25, -0.2) is 0 Å². The molecule has 3 heteroatoms. The quantitative estimate of drug-likeness (QED) is 0.464. The van der Waals surface area contributed by atoms with E-state index in [0.29, 0.717) is 12.0 Å². The van der Waals surface area contributed by atoms with Gasteiger partial charge in [-0.1, -0.05) is 13.8 Å². The van der Waals surface area contributed by atoms with Crippen LogP contribution in [0.2, 0.25) is 0 Å². The molecule has 0 aliphatic carbocycles. The van der Waals surface area contributed by atoms with Crippen molar-refractivity contribution in [3.8, 4) is 0 Å². The van der Waals surface area contributed by atoms with Crippen LogP contribution >= 0.6 is 0 Å². The van der Waals surface area contributed by atoms with Crippen molar-refractivity contribution in [2.75, 3.05) is 0 Å². The molecule has 0 aromatic carbocycles. The van der Waals surface area contributed by atoms with Gasteiger partial charge in [0.1, 0.15) is 0 Å². The first-order chi connectivity index (χ1) is 5.07. The van der Waals surface area contributed by atoms with Crippen molar-refractivity contribution in [1.82, 2.24) is 0 Å². The highest BCUT2D eigenvalue weighted by molar-refractivity contribution is 6.32. The molecule has 60 valence electrons. The average molecular weight is 152 g/mol. The first-order valence-electron chi connectivity index (χ1n) is 3.38. The fraction of sp³-hybridized carbons (Fsp3) is 0.375. The summed E-state index contributed by atoms with van der Waals surface area (Å²) in [7, 11) is 0. The highest BCUT2D eigenvalue weighted by Gasteiger charge is 1.96. The van der Waals surface area contributed by atoms with Crippen molar-refractivity contribution in [2.45, 2.75) is 13.8 Å². The van der Waals surface area contributed by atoms with Crippen LogP contribution in [0, 0.1) is 16.7 Å². The molecule has 0 aliphatic heterocycles. The summed E-state index contributed by atoms with van der Waals surface area (Å²) in [5.74, 6) is 0.144. The Morgan fingerprint density at radius 3 is 2.18 bits per heavy atom. The van der Waals surface area contributed by atoms with Crippen molar-refractivity contribution in [3.63, 3.8) is 0 Å². The molecule has 0 heterocycles. The zero-order chi connectivity index (χ0) is 8.85. The van der Waals surface area contributed by atoms with E-state index in [4.69, 9.17) is 10.8 Å². The fourth-order valence-corrected chi connectivity index (χ4v) is 0.411. The SMILES string of the molecule is CC(C)C(=N)/C=C\C(=N)C=O. The van der Waals surface area contributed by atoms with Crippen LogP contribution in [0.5, 0.6) is 0 Å². The summed E-state index contributed by atoms with van der Waals surface area (Å²) in [6.45, 7) is 3.77. The number of carbonyl (C=O) groups excluding carboxylic acids is 1. The van der Waals surface area contributed by atoms with Crippen molar-refractivity contribution < 1.29 is 4.79 Å². The molecular weight excluding hydrogens is 140 g/mol. The second-order valence-corrected chi connectivity index (χ2v) is 2.52. The summed E-state index contributed by atoms with van der Waals surface area (Å²) in [6, 6.07) is 0. The van der Waals surface area contributed by atoms with Gasteiger partial charge in [-0.2, -0.15) is 0 Å². The molecule has 2 N–H and O–H groups in total. The normalized spacial score (nSPS) is 10.5. The van der Waals surface area contributed by atoms with Crippen LogP contribution in [0.15, 0.2) is 12.2 Å². The van der Waals surface area contributed by atoms with Gasteiger partial charge in [-0.3, -0.25) is 10.2 Å². The smallest absolute Gasteiger partial charge is 0.167 e. The van der Waals surface area contributed by atoms with Gasteiger partial charge in [-0.15, -0.1) is 0 Å². The largest absolute Gasteiger partial charge is 0.305 e. The number of hydrogen-bond acceptors (Lipinski definition) is 3. The standard InChI is InChI=1S/C8H12N2O/c1-6(2)8(10)4-3-7(9)5-11/h3-6,9-10H,1-2H3/b4-3-,9-7?,10-8?. The van der Waals surface area contributed by atoms with E-state index in [-0.39, 0.29) is 11.6 Å². The summed E-state index contributed by atoms with van der Waals surface area (Å²) >= 11 is 0. The zero-order valence-corrected chi connectivity index (χ0v) is 6.72. The Labute approximate surface area is 66.1 Å². The first-order valence-corrected chi connectivity index (χ1v) is 3.38. The van der Waals surface area contributed by atoms with Crippen LogP contribution in [0.4, 0.5) is 0 Å². The van der Waals surface area contributed by atoms with Crippen LogP contribution in [-0.4, -0.2) is 17.7 Å². The van der Waals surface area contributed by atoms with Crippen LogP contribution < -0.4 is 0 Å². The van der Waals surface area contributed by atoms with Crippen molar-refractivity contribution in [3.05, 3.63) is 12.2 Å². The van der Waals surface area contributed by atoms with Gasteiger partial charge in [-0.05, 0) is 18.1 Å². The Balaban J connectivity index is 4.03. The highest BCUT2D eigenvalue weighted by atomic mass is 16.1. The van der Waals surface area contributed by atoms with Gasteiger partial charge in [0.15, 0.2) is 6.29 Å². The minimum atomic E-state index is -0.101. The summed E-state index contributed by atoms with van der Waals surface area (Å²) in [5, 5.41) is 14.2. The maximum Gasteiger partial charge on any atom is 0.167 e. The third-order valence-electron chi connectivity index (χ3n) is 1.19. The van der Waals surface area contributed by atoms with E-state index in [1.165, 1.54) is 12.2 Å². The number of nitrogens with one attached hydrogen (secondary N) is 2. The molecule has 0 saturated carbocycles. The van der Waals surface area contributed by atoms with E-state index in [9.17, 15) is 4.79 Å².